The van der Waals surface area contributed by atoms with Crippen molar-refractivity contribution in [3.8, 4) is 0 Å². The van der Waals surface area contributed by atoms with Gasteiger partial charge in [0.05, 0.1) is 5.56 Å². The van der Waals surface area contributed by atoms with E-state index in [1.165, 1.54) is 6.07 Å². The summed E-state index contributed by atoms with van der Waals surface area (Å²) < 4.78 is 31.0. The summed E-state index contributed by atoms with van der Waals surface area (Å²) in [5.41, 5.74) is 1.58. The quantitative estimate of drug-likeness (QED) is 0.364. The lowest BCUT2D eigenvalue weighted by atomic mass is 9.68. The number of benzene rings is 1. The van der Waals surface area contributed by atoms with E-state index in [1.54, 1.807) is 23.9 Å². The molecule has 1 amide bonds. The van der Waals surface area contributed by atoms with E-state index >= 15 is 4.39 Å². The van der Waals surface area contributed by atoms with Crippen molar-refractivity contribution >= 4 is 18.4 Å². The molecule has 2 N–H and O–H groups in total. The van der Waals surface area contributed by atoms with Gasteiger partial charge < -0.3 is 15.2 Å². The molecule has 0 bridgehead atoms. The van der Waals surface area contributed by atoms with Crippen molar-refractivity contribution in [3.05, 3.63) is 64.9 Å². The van der Waals surface area contributed by atoms with Gasteiger partial charge in [0.15, 0.2) is 0 Å². The normalized spacial score (nSPS) is 12.9. The minimum atomic E-state index is -0.755. The van der Waals surface area contributed by atoms with Crippen LogP contribution in [0.5, 0.6) is 0 Å². The Hall–Kier alpha value is -2.80. The predicted octanol–water partition coefficient (Wildman–Crippen LogP) is 4.83. The van der Waals surface area contributed by atoms with Crippen LogP contribution in [0.4, 0.5) is 14.6 Å². The first-order valence-corrected chi connectivity index (χ1v) is 10.9. The first-order chi connectivity index (χ1) is 15.2. The molecule has 0 aliphatic carbocycles. The smallest absolute Gasteiger partial charge is 0.255 e. The SMILES string of the molecule is C=Nc1c(C(=O)NCCC(CCNC)(C(=C)C)c2c(F)cc(F)cc2CCC)ccn1C. The van der Waals surface area contributed by atoms with Crippen molar-refractivity contribution in [3.63, 3.8) is 0 Å². The molecule has 1 heterocycles. The van der Waals surface area contributed by atoms with Gasteiger partial charge in [0.2, 0.25) is 0 Å². The number of hydrogen-bond acceptors (Lipinski definition) is 3. The Kier molecular flexibility index (Phi) is 8.89. The molecule has 5 nitrogen and oxygen atoms in total. The van der Waals surface area contributed by atoms with E-state index in [2.05, 4.69) is 28.9 Å². The third-order valence-electron chi connectivity index (χ3n) is 6.02. The predicted molar refractivity (Wildman–Crippen MR) is 127 cm³/mol. The molecule has 1 aromatic heterocycles. The monoisotopic (exact) mass is 444 g/mol. The van der Waals surface area contributed by atoms with Gasteiger partial charge in [-0.15, -0.1) is 0 Å². The molecule has 0 radical (unpaired) electrons. The Morgan fingerprint density at radius 1 is 1.25 bits per heavy atom. The van der Waals surface area contributed by atoms with Crippen LogP contribution >= 0.6 is 0 Å². The molecule has 0 saturated carbocycles. The maximum atomic E-state index is 15.3. The number of aryl methyl sites for hydroxylation is 2. The molecule has 174 valence electrons. The molecule has 7 heteroatoms. The van der Waals surface area contributed by atoms with Crippen molar-refractivity contribution in [2.45, 2.75) is 44.9 Å². The molecule has 2 rings (SSSR count). The first-order valence-electron chi connectivity index (χ1n) is 10.9. The molecule has 0 fully saturated rings. The summed E-state index contributed by atoms with van der Waals surface area (Å²) in [6.45, 7) is 12.5. The summed E-state index contributed by atoms with van der Waals surface area (Å²) in [6, 6.07) is 4.05. The van der Waals surface area contributed by atoms with Gasteiger partial charge >= 0.3 is 0 Å². The van der Waals surface area contributed by atoms with Crippen LogP contribution in [-0.2, 0) is 18.9 Å². The second kappa shape index (κ2) is 11.2. The van der Waals surface area contributed by atoms with E-state index in [9.17, 15) is 9.18 Å². The van der Waals surface area contributed by atoms with Gasteiger partial charge in [-0.2, -0.15) is 0 Å². The van der Waals surface area contributed by atoms with Gasteiger partial charge in [0, 0.05) is 36.8 Å². The third kappa shape index (κ3) is 5.33. The Morgan fingerprint density at radius 2 is 1.94 bits per heavy atom. The summed E-state index contributed by atoms with van der Waals surface area (Å²) in [5, 5.41) is 6.05. The van der Waals surface area contributed by atoms with E-state index in [0.29, 0.717) is 54.9 Å². The largest absolute Gasteiger partial charge is 0.352 e. The molecule has 0 aliphatic rings. The van der Waals surface area contributed by atoms with Gasteiger partial charge in [-0.1, -0.05) is 25.5 Å². The summed E-state index contributed by atoms with van der Waals surface area (Å²) >= 11 is 0. The van der Waals surface area contributed by atoms with E-state index < -0.39 is 17.0 Å². The summed E-state index contributed by atoms with van der Waals surface area (Å²) in [5.74, 6) is -0.940. The highest BCUT2D eigenvalue weighted by Crippen LogP contribution is 2.42. The minimum absolute atomic E-state index is 0.273. The van der Waals surface area contributed by atoms with Crippen LogP contribution in [-0.4, -0.2) is 37.3 Å². The Balaban J connectivity index is 2.41. The number of nitrogens with zero attached hydrogens (tertiary/aromatic N) is 2. The first kappa shape index (κ1) is 25.5. The lowest BCUT2D eigenvalue weighted by Gasteiger charge is -2.37. The Morgan fingerprint density at radius 3 is 2.53 bits per heavy atom. The fraction of sp³-hybridized carbons (Fsp3) is 0.440. The number of carbonyl (C=O) groups excluding carboxylic acids is 1. The van der Waals surface area contributed by atoms with E-state index in [4.69, 9.17) is 0 Å². The maximum Gasteiger partial charge on any atom is 0.255 e. The zero-order valence-electron chi connectivity index (χ0n) is 19.5. The molecular formula is C25H34F2N4O. The highest BCUT2D eigenvalue weighted by atomic mass is 19.1. The van der Waals surface area contributed by atoms with Crippen LogP contribution in [0.15, 0.2) is 41.5 Å². The molecule has 0 spiro atoms. The van der Waals surface area contributed by atoms with Crippen molar-refractivity contribution in [2.75, 3.05) is 20.1 Å². The number of hydrogen-bond donors (Lipinski definition) is 2. The molecule has 32 heavy (non-hydrogen) atoms. The van der Waals surface area contributed by atoms with Gasteiger partial charge in [-0.25, -0.2) is 13.8 Å². The van der Waals surface area contributed by atoms with Crippen LogP contribution in [0, 0.1) is 11.6 Å². The maximum absolute atomic E-state index is 15.3. The van der Waals surface area contributed by atoms with Gasteiger partial charge in [-0.3, -0.25) is 4.79 Å². The molecule has 2 aromatic rings. The van der Waals surface area contributed by atoms with Crippen molar-refractivity contribution in [1.82, 2.24) is 15.2 Å². The van der Waals surface area contributed by atoms with E-state index in [0.717, 1.165) is 18.1 Å². The molecule has 0 aliphatic heterocycles. The summed E-state index contributed by atoms with van der Waals surface area (Å²) in [7, 11) is 3.62. The van der Waals surface area contributed by atoms with Crippen LogP contribution in [0.3, 0.4) is 0 Å². The number of amides is 1. The molecule has 1 atom stereocenters. The van der Waals surface area contributed by atoms with Gasteiger partial charge in [0.1, 0.15) is 17.5 Å². The number of nitrogens with one attached hydrogen (secondary N) is 2. The average molecular weight is 445 g/mol. The highest BCUT2D eigenvalue weighted by molar-refractivity contribution is 5.98. The second-order valence-electron chi connectivity index (χ2n) is 8.22. The van der Waals surface area contributed by atoms with Crippen LogP contribution < -0.4 is 10.6 Å². The van der Waals surface area contributed by atoms with Crippen molar-refractivity contribution in [2.24, 2.45) is 12.0 Å². The lowest BCUT2D eigenvalue weighted by Crippen LogP contribution is -2.38. The zero-order chi connectivity index (χ0) is 23.9. The van der Waals surface area contributed by atoms with Crippen molar-refractivity contribution in [1.29, 1.82) is 0 Å². The fourth-order valence-electron chi connectivity index (χ4n) is 4.36. The zero-order valence-corrected chi connectivity index (χ0v) is 19.5. The van der Waals surface area contributed by atoms with Crippen LogP contribution in [0.2, 0.25) is 0 Å². The third-order valence-corrected chi connectivity index (χ3v) is 6.02. The number of carbonyl (C=O) groups is 1. The molecule has 1 unspecified atom stereocenters. The number of halogens is 2. The van der Waals surface area contributed by atoms with Crippen molar-refractivity contribution < 1.29 is 13.6 Å². The average Bonchev–Trinajstić information content (AvgIpc) is 3.11. The molecular weight excluding hydrogens is 410 g/mol. The number of rotatable bonds is 12. The van der Waals surface area contributed by atoms with Crippen LogP contribution in [0.1, 0.15) is 54.6 Å². The van der Waals surface area contributed by atoms with Gasteiger partial charge in [-0.05, 0) is 64.2 Å². The Bertz CT molecular complexity index is 983. The summed E-state index contributed by atoms with van der Waals surface area (Å²) in [4.78, 5) is 16.7. The minimum Gasteiger partial charge on any atom is -0.352 e. The standard InChI is InChI=1S/C25H34F2N4O/c1-7-8-18-15-19(26)16-21(27)22(18)25(17(2)3,10-12-28-4)11-13-30-24(32)20-9-14-31(6)23(20)29-5/h9,14-16,28H,2,5,7-8,10-13H2,1,3-4,6H3,(H,30,32). The number of aliphatic imine (C=N–C) groups is 1. The topological polar surface area (TPSA) is 58.4 Å². The van der Waals surface area contributed by atoms with Gasteiger partial charge in [0.25, 0.3) is 5.91 Å². The van der Waals surface area contributed by atoms with E-state index in [-0.39, 0.29) is 5.91 Å². The molecule has 0 saturated heterocycles. The highest BCUT2D eigenvalue weighted by Gasteiger charge is 2.37. The second-order valence-corrected chi connectivity index (χ2v) is 8.22. The fourth-order valence-corrected chi connectivity index (χ4v) is 4.36. The lowest BCUT2D eigenvalue weighted by molar-refractivity contribution is 0.0951. The number of aromatic nitrogens is 1. The Labute approximate surface area is 189 Å². The summed E-state index contributed by atoms with van der Waals surface area (Å²) in [6.07, 6.45) is 4.06. The molecule has 1 aromatic carbocycles. The number of allylic oxidation sites excluding steroid dienone is 1. The van der Waals surface area contributed by atoms with E-state index in [1.807, 2.05) is 20.9 Å². The van der Waals surface area contributed by atoms with Crippen LogP contribution in [0.25, 0.3) is 0 Å².